The fraction of sp³-hybridized carbons (Fsp3) is 0.640. The van der Waals surface area contributed by atoms with E-state index in [1.165, 1.54) is 0 Å². The van der Waals surface area contributed by atoms with Crippen LogP contribution in [0, 0.1) is 11.3 Å². The summed E-state index contributed by atoms with van der Waals surface area (Å²) in [6, 6.07) is 3.16. The summed E-state index contributed by atoms with van der Waals surface area (Å²) in [6.45, 7) is 7.71. The topological polar surface area (TPSA) is 97.0 Å². The highest BCUT2D eigenvalue weighted by atomic mass is 35.5. The quantitative estimate of drug-likeness (QED) is 0.567. The van der Waals surface area contributed by atoms with E-state index in [2.05, 4.69) is 31.4 Å². The van der Waals surface area contributed by atoms with Gasteiger partial charge in [-0.15, -0.1) is 0 Å². The summed E-state index contributed by atoms with van der Waals surface area (Å²) in [6.07, 6.45) is 4.63. The van der Waals surface area contributed by atoms with Crippen LogP contribution in [0.1, 0.15) is 58.4 Å². The highest BCUT2D eigenvalue weighted by molar-refractivity contribution is 6.32. The smallest absolute Gasteiger partial charge is 0.325 e. The van der Waals surface area contributed by atoms with Gasteiger partial charge in [-0.25, -0.2) is 4.79 Å². The molecule has 1 aromatic rings. The Morgan fingerprint density at radius 1 is 1.24 bits per heavy atom. The Bertz CT molecular complexity index is 972. The zero-order chi connectivity index (χ0) is 24.5. The molecular weight excluding hydrogens is 458 g/mol. The van der Waals surface area contributed by atoms with E-state index < -0.39 is 11.6 Å². The second kappa shape index (κ2) is 9.64. The Kier molecular flexibility index (Phi) is 6.99. The lowest BCUT2D eigenvalue weighted by Crippen LogP contribution is -2.51. The predicted octanol–water partition coefficient (Wildman–Crippen LogP) is 3.69. The molecule has 2 aliphatic heterocycles. The molecule has 0 radical (unpaired) electrons. The molecule has 0 aromatic heterocycles. The largest absolute Gasteiger partial charge is 0.486 e. The van der Waals surface area contributed by atoms with Gasteiger partial charge in [0.25, 0.3) is 5.91 Å². The molecule has 4 amide bonds. The molecule has 2 N–H and O–H groups in total. The normalized spacial score (nSPS) is 24.4. The van der Waals surface area contributed by atoms with Gasteiger partial charge in [-0.2, -0.15) is 0 Å². The van der Waals surface area contributed by atoms with Crippen LogP contribution in [0.15, 0.2) is 12.1 Å². The molecule has 1 saturated carbocycles. The number of urea groups is 1. The lowest BCUT2D eigenvalue weighted by Gasteiger charge is -2.42. The lowest BCUT2D eigenvalue weighted by molar-refractivity contribution is -0.136. The van der Waals surface area contributed by atoms with Gasteiger partial charge in [-0.05, 0) is 61.1 Å². The maximum atomic E-state index is 13.1. The third-order valence-corrected chi connectivity index (χ3v) is 8.08. The number of nitrogens with one attached hydrogen (secondary N) is 2. The minimum absolute atomic E-state index is 0.217. The van der Waals surface area contributed by atoms with Crippen LogP contribution < -0.4 is 20.1 Å². The number of hydrogen-bond donors (Lipinski definition) is 2. The van der Waals surface area contributed by atoms with Gasteiger partial charge < -0.3 is 20.1 Å². The van der Waals surface area contributed by atoms with Crippen molar-refractivity contribution in [1.29, 1.82) is 0 Å². The van der Waals surface area contributed by atoms with E-state index >= 15 is 0 Å². The summed E-state index contributed by atoms with van der Waals surface area (Å²) >= 11 is 6.27. The molecule has 0 unspecified atom stereocenters. The fourth-order valence-corrected chi connectivity index (χ4v) is 5.48. The number of amides is 4. The van der Waals surface area contributed by atoms with Crippen molar-refractivity contribution in [2.45, 2.75) is 64.8 Å². The predicted molar refractivity (Wildman–Crippen MR) is 128 cm³/mol. The monoisotopic (exact) mass is 491 g/mol. The van der Waals surface area contributed by atoms with Gasteiger partial charge in [0.05, 0.1) is 5.02 Å². The summed E-state index contributed by atoms with van der Waals surface area (Å²) in [5, 5.41) is 6.17. The van der Waals surface area contributed by atoms with E-state index in [0.29, 0.717) is 61.5 Å². The van der Waals surface area contributed by atoms with Crippen molar-refractivity contribution < 1.29 is 23.9 Å². The minimum Gasteiger partial charge on any atom is -0.486 e. The van der Waals surface area contributed by atoms with E-state index in [1.54, 1.807) is 6.07 Å². The number of nitrogens with zero attached hydrogens (tertiary/aromatic N) is 1. The van der Waals surface area contributed by atoms with Gasteiger partial charge in [-0.3, -0.25) is 14.5 Å². The summed E-state index contributed by atoms with van der Waals surface area (Å²) in [4.78, 5) is 39.3. The number of hydrogen-bond acceptors (Lipinski definition) is 5. The van der Waals surface area contributed by atoms with Crippen molar-refractivity contribution in [3.8, 4) is 11.5 Å². The average Bonchev–Trinajstić information content (AvgIpc) is 3.03. The maximum Gasteiger partial charge on any atom is 0.325 e. The van der Waals surface area contributed by atoms with Crippen LogP contribution in [0.25, 0.3) is 0 Å². The molecule has 1 aliphatic carbocycles. The van der Waals surface area contributed by atoms with Crippen LogP contribution in [-0.2, 0) is 16.0 Å². The zero-order valence-corrected chi connectivity index (χ0v) is 20.9. The van der Waals surface area contributed by atoms with E-state index in [0.717, 1.165) is 29.7 Å². The molecule has 1 aromatic carbocycles. The van der Waals surface area contributed by atoms with Crippen LogP contribution in [-0.4, -0.2) is 54.6 Å². The van der Waals surface area contributed by atoms with Crippen molar-refractivity contribution in [1.82, 2.24) is 15.5 Å². The summed E-state index contributed by atoms with van der Waals surface area (Å²) < 4.78 is 11.1. The minimum atomic E-state index is -0.861. The number of rotatable bonds is 7. The van der Waals surface area contributed by atoms with E-state index in [1.807, 2.05) is 6.07 Å². The van der Waals surface area contributed by atoms with Gasteiger partial charge in [0, 0.05) is 6.54 Å². The summed E-state index contributed by atoms with van der Waals surface area (Å²) in [5.41, 5.74) is 0.253. The van der Waals surface area contributed by atoms with Gasteiger partial charge in [0.2, 0.25) is 5.91 Å². The first-order valence-corrected chi connectivity index (χ1v) is 12.5. The number of imide groups is 1. The first-order chi connectivity index (χ1) is 16.1. The van der Waals surface area contributed by atoms with Crippen LogP contribution in [0.4, 0.5) is 4.79 Å². The fourth-order valence-electron chi connectivity index (χ4n) is 5.19. The Morgan fingerprint density at radius 3 is 2.65 bits per heavy atom. The lowest BCUT2D eigenvalue weighted by atomic mass is 9.65. The average molecular weight is 492 g/mol. The van der Waals surface area contributed by atoms with Crippen molar-refractivity contribution in [2.24, 2.45) is 11.3 Å². The van der Waals surface area contributed by atoms with Gasteiger partial charge in [0.15, 0.2) is 11.5 Å². The van der Waals surface area contributed by atoms with E-state index in [9.17, 15) is 14.4 Å². The summed E-state index contributed by atoms with van der Waals surface area (Å²) in [5.74, 6) is 1.02. The van der Waals surface area contributed by atoms with Crippen LogP contribution >= 0.6 is 11.6 Å². The number of fused-ring (bicyclic) bond motifs is 1. The zero-order valence-electron chi connectivity index (χ0n) is 20.2. The maximum absolute atomic E-state index is 13.1. The molecule has 3 aliphatic rings. The van der Waals surface area contributed by atoms with Gasteiger partial charge in [0.1, 0.15) is 25.3 Å². The second-order valence-corrected chi connectivity index (χ2v) is 10.6. The summed E-state index contributed by atoms with van der Waals surface area (Å²) in [7, 11) is 0. The molecule has 0 bridgehead atoms. The molecule has 34 heavy (non-hydrogen) atoms. The van der Waals surface area contributed by atoms with Crippen LogP contribution in [0.5, 0.6) is 11.5 Å². The molecule has 4 rings (SSSR count). The third kappa shape index (κ3) is 4.83. The Morgan fingerprint density at radius 2 is 1.94 bits per heavy atom. The molecule has 1 saturated heterocycles. The number of benzene rings is 1. The van der Waals surface area contributed by atoms with Crippen LogP contribution in [0.3, 0.4) is 0 Å². The Hall–Kier alpha value is -2.48. The number of carbonyl (C=O) groups is 3. The third-order valence-electron chi connectivity index (χ3n) is 7.80. The van der Waals surface area contributed by atoms with Crippen molar-refractivity contribution in [3.63, 3.8) is 0 Å². The highest BCUT2D eigenvalue weighted by Crippen LogP contribution is 2.45. The van der Waals surface area contributed by atoms with Gasteiger partial charge in [-0.1, -0.05) is 38.8 Å². The first-order valence-electron chi connectivity index (χ1n) is 12.1. The second-order valence-electron chi connectivity index (χ2n) is 10.2. The molecule has 2 fully saturated rings. The van der Waals surface area contributed by atoms with Gasteiger partial charge >= 0.3 is 6.03 Å². The highest BCUT2D eigenvalue weighted by Gasteiger charge is 2.53. The molecule has 1 spiro atoms. The van der Waals surface area contributed by atoms with Crippen molar-refractivity contribution in [2.75, 3.05) is 26.3 Å². The number of halogens is 1. The number of ether oxygens (including phenoxy) is 2. The molecular formula is C25H34ClN3O5. The number of carbonyl (C=O) groups excluding carboxylic acids is 3. The van der Waals surface area contributed by atoms with Crippen LogP contribution in [0.2, 0.25) is 5.02 Å². The molecule has 2 heterocycles. The molecule has 9 heteroatoms. The Labute approximate surface area is 205 Å². The van der Waals surface area contributed by atoms with E-state index in [-0.39, 0.29) is 23.8 Å². The molecule has 8 nitrogen and oxygen atoms in total. The molecule has 186 valence electrons. The Balaban J connectivity index is 1.29. The van der Waals surface area contributed by atoms with Crippen molar-refractivity contribution >= 4 is 29.4 Å². The SMILES string of the molecule is CCC(C)(C)C1CCC2(CC1)NC(=O)N(CC(=O)NCCc1cc(Cl)c3c(c1)OCCO3)C2=O. The van der Waals surface area contributed by atoms with Crippen molar-refractivity contribution in [3.05, 3.63) is 22.7 Å². The van der Waals surface area contributed by atoms with E-state index in [4.69, 9.17) is 21.1 Å². The molecule has 0 atom stereocenters. The first kappa shape index (κ1) is 24.6. The standard InChI is InChI=1S/C25H34ClN3O5/c1-4-24(2,3)17-5-8-25(9-6-17)22(31)29(23(32)28-25)15-20(30)27-10-7-16-13-18(26)21-19(14-16)33-11-12-34-21/h13-14,17H,4-12,15H2,1-3H3,(H,27,30)(H,28,32).